The van der Waals surface area contributed by atoms with Gasteiger partial charge in [0.2, 0.25) is 0 Å². The predicted octanol–water partition coefficient (Wildman–Crippen LogP) is 2.53. The van der Waals surface area contributed by atoms with Gasteiger partial charge in [-0.1, -0.05) is 11.6 Å². The molecule has 0 bridgehead atoms. The van der Waals surface area contributed by atoms with Crippen LogP contribution in [-0.2, 0) is 6.54 Å². The van der Waals surface area contributed by atoms with E-state index in [1.54, 1.807) is 11.6 Å². The minimum absolute atomic E-state index is 0.452. The highest BCUT2D eigenvalue weighted by molar-refractivity contribution is 6.37. The zero-order chi connectivity index (χ0) is 11.9. The molecule has 0 saturated heterocycles. The standard InChI is InChI=1S/C11H12ClN3O/c1-4-15-11-9(7(3)14-15)10(12)8(5-16)6(2)13-11/h5H,4H2,1-3H3. The van der Waals surface area contributed by atoms with Crippen LogP contribution in [0.3, 0.4) is 0 Å². The summed E-state index contributed by atoms with van der Waals surface area (Å²) in [6.45, 7) is 6.36. The number of aldehydes is 1. The fourth-order valence-corrected chi connectivity index (χ4v) is 2.21. The van der Waals surface area contributed by atoms with Gasteiger partial charge in [-0.3, -0.25) is 4.79 Å². The summed E-state index contributed by atoms with van der Waals surface area (Å²) in [5.74, 6) is 0. The van der Waals surface area contributed by atoms with E-state index in [0.717, 1.165) is 29.6 Å². The summed E-state index contributed by atoms with van der Waals surface area (Å²) in [5.41, 5.74) is 2.64. The first-order valence-electron chi connectivity index (χ1n) is 5.08. The highest BCUT2D eigenvalue weighted by Gasteiger charge is 2.16. The smallest absolute Gasteiger partial charge is 0.159 e. The number of fused-ring (bicyclic) bond motifs is 1. The molecule has 0 spiro atoms. The quantitative estimate of drug-likeness (QED) is 0.754. The Kier molecular flexibility index (Phi) is 2.68. The van der Waals surface area contributed by atoms with Gasteiger partial charge in [-0.25, -0.2) is 9.67 Å². The van der Waals surface area contributed by atoms with Crippen LogP contribution in [0.2, 0.25) is 5.02 Å². The lowest BCUT2D eigenvalue weighted by Crippen LogP contribution is -2.00. The van der Waals surface area contributed by atoms with Gasteiger partial charge in [0.05, 0.1) is 27.4 Å². The van der Waals surface area contributed by atoms with Crippen molar-refractivity contribution in [2.24, 2.45) is 0 Å². The molecule has 84 valence electrons. The van der Waals surface area contributed by atoms with E-state index in [2.05, 4.69) is 10.1 Å². The van der Waals surface area contributed by atoms with Crippen LogP contribution in [0, 0.1) is 13.8 Å². The lowest BCUT2D eigenvalue weighted by molar-refractivity contribution is 0.112. The molecule has 16 heavy (non-hydrogen) atoms. The van der Waals surface area contributed by atoms with Gasteiger partial charge in [0.1, 0.15) is 0 Å². The zero-order valence-electron chi connectivity index (χ0n) is 9.41. The summed E-state index contributed by atoms with van der Waals surface area (Å²) in [4.78, 5) is 15.3. The van der Waals surface area contributed by atoms with Crippen LogP contribution in [0.25, 0.3) is 11.0 Å². The van der Waals surface area contributed by atoms with E-state index < -0.39 is 0 Å². The Balaban J connectivity index is 2.94. The molecule has 2 aromatic rings. The Morgan fingerprint density at radius 3 is 2.62 bits per heavy atom. The van der Waals surface area contributed by atoms with E-state index in [1.165, 1.54) is 0 Å². The minimum atomic E-state index is 0.452. The summed E-state index contributed by atoms with van der Waals surface area (Å²) in [7, 11) is 0. The van der Waals surface area contributed by atoms with Crippen LogP contribution >= 0.6 is 11.6 Å². The van der Waals surface area contributed by atoms with Crippen molar-refractivity contribution in [3.63, 3.8) is 0 Å². The second-order valence-corrected chi connectivity index (χ2v) is 4.02. The number of rotatable bonds is 2. The largest absolute Gasteiger partial charge is 0.298 e. The molecular weight excluding hydrogens is 226 g/mol. The van der Waals surface area contributed by atoms with Crippen molar-refractivity contribution in [1.82, 2.24) is 14.8 Å². The first kappa shape index (κ1) is 11.1. The first-order chi connectivity index (χ1) is 7.60. The molecule has 4 nitrogen and oxygen atoms in total. The number of aromatic nitrogens is 3. The fourth-order valence-electron chi connectivity index (χ4n) is 1.81. The molecule has 0 N–H and O–H groups in total. The molecule has 0 saturated carbocycles. The molecule has 0 atom stereocenters. The highest BCUT2D eigenvalue weighted by Crippen LogP contribution is 2.29. The van der Waals surface area contributed by atoms with Crippen molar-refractivity contribution < 1.29 is 4.79 Å². The number of carbonyl (C=O) groups is 1. The van der Waals surface area contributed by atoms with Gasteiger partial charge >= 0.3 is 0 Å². The van der Waals surface area contributed by atoms with E-state index in [1.807, 2.05) is 13.8 Å². The summed E-state index contributed by atoms with van der Waals surface area (Å²) in [6, 6.07) is 0. The Morgan fingerprint density at radius 1 is 1.38 bits per heavy atom. The van der Waals surface area contributed by atoms with Crippen LogP contribution in [0.4, 0.5) is 0 Å². The third-order valence-corrected chi connectivity index (χ3v) is 3.03. The zero-order valence-corrected chi connectivity index (χ0v) is 10.2. The van der Waals surface area contributed by atoms with Gasteiger partial charge in [-0.15, -0.1) is 0 Å². The number of hydrogen-bond acceptors (Lipinski definition) is 3. The molecule has 0 unspecified atom stereocenters. The van der Waals surface area contributed by atoms with Crippen molar-refractivity contribution in [3.05, 3.63) is 22.0 Å². The third kappa shape index (κ3) is 1.41. The van der Waals surface area contributed by atoms with Crippen LogP contribution in [-0.4, -0.2) is 21.1 Å². The average Bonchev–Trinajstić information content (AvgIpc) is 2.55. The van der Waals surface area contributed by atoms with E-state index >= 15 is 0 Å². The van der Waals surface area contributed by atoms with Crippen molar-refractivity contribution in [2.75, 3.05) is 0 Å². The molecule has 0 amide bonds. The molecule has 2 heterocycles. The Morgan fingerprint density at radius 2 is 2.06 bits per heavy atom. The van der Waals surface area contributed by atoms with Crippen molar-refractivity contribution >= 4 is 28.9 Å². The third-order valence-electron chi connectivity index (χ3n) is 2.64. The molecule has 2 rings (SSSR count). The lowest BCUT2D eigenvalue weighted by atomic mass is 10.1. The van der Waals surface area contributed by atoms with Gasteiger partial charge in [-0.05, 0) is 20.8 Å². The SMILES string of the molecule is CCn1nc(C)c2c(Cl)c(C=O)c(C)nc21. The molecule has 0 aromatic carbocycles. The molecule has 0 aliphatic rings. The molecule has 2 aromatic heterocycles. The molecule has 0 aliphatic carbocycles. The second kappa shape index (κ2) is 3.87. The molecule has 0 radical (unpaired) electrons. The van der Waals surface area contributed by atoms with Crippen LogP contribution in [0.5, 0.6) is 0 Å². The first-order valence-corrected chi connectivity index (χ1v) is 5.46. The average molecular weight is 238 g/mol. The molecule has 0 aliphatic heterocycles. The molecule has 0 fully saturated rings. The van der Waals surface area contributed by atoms with Crippen LogP contribution < -0.4 is 0 Å². The van der Waals surface area contributed by atoms with Crippen molar-refractivity contribution in [1.29, 1.82) is 0 Å². The minimum Gasteiger partial charge on any atom is -0.298 e. The van der Waals surface area contributed by atoms with Gasteiger partial charge in [0.25, 0.3) is 0 Å². The summed E-state index contributed by atoms with van der Waals surface area (Å²) in [6.07, 6.45) is 0.743. The van der Waals surface area contributed by atoms with Crippen molar-refractivity contribution in [2.45, 2.75) is 27.3 Å². The van der Waals surface area contributed by atoms with E-state index in [0.29, 0.717) is 16.3 Å². The van der Waals surface area contributed by atoms with Gasteiger partial charge in [-0.2, -0.15) is 5.10 Å². The number of pyridine rings is 1. The summed E-state index contributed by atoms with van der Waals surface area (Å²) >= 11 is 6.20. The fraction of sp³-hybridized carbons (Fsp3) is 0.364. The van der Waals surface area contributed by atoms with Crippen molar-refractivity contribution in [3.8, 4) is 0 Å². The topological polar surface area (TPSA) is 47.8 Å². The maximum Gasteiger partial charge on any atom is 0.159 e. The maximum absolute atomic E-state index is 10.9. The second-order valence-electron chi connectivity index (χ2n) is 3.64. The van der Waals surface area contributed by atoms with Crippen LogP contribution in [0.1, 0.15) is 28.7 Å². The molecular formula is C11H12ClN3O. The van der Waals surface area contributed by atoms with E-state index in [-0.39, 0.29) is 0 Å². The Labute approximate surface area is 98.2 Å². The van der Waals surface area contributed by atoms with Gasteiger partial charge in [0.15, 0.2) is 11.9 Å². The Hall–Kier alpha value is -1.42. The number of aryl methyl sites for hydroxylation is 3. The van der Waals surface area contributed by atoms with Crippen LogP contribution in [0.15, 0.2) is 0 Å². The van der Waals surface area contributed by atoms with E-state index in [4.69, 9.17) is 11.6 Å². The number of halogens is 1. The molecule has 5 heteroatoms. The Bertz CT molecular complexity index is 574. The normalized spacial score (nSPS) is 11.0. The number of carbonyl (C=O) groups excluding carboxylic acids is 1. The monoisotopic (exact) mass is 237 g/mol. The van der Waals surface area contributed by atoms with E-state index in [9.17, 15) is 4.79 Å². The van der Waals surface area contributed by atoms with Gasteiger partial charge in [0, 0.05) is 6.54 Å². The number of hydrogen-bond donors (Lipinski definition) is 0. The maximum atomic E-state index is 10.9. The summed E-state index contributed by atoms with van der Waals surface area (Å²) in [5, 5.41) is 5.57. The highest BCUT2D eigenvalue weighted by atomic mass is 35.5. The summed E-state index contributed by atoms with van der Waals surface area (Å²) < 4.78 is 1.79. The lowest BCUT2D eigenvalue weighted by Gasteiger charge is -2.04. The number of nitrogens with zero attached hydrogens (tertiary/aromatic N) is 3. The predicted molar refractivity (Wildman–Crippen MR) is 63.1 cm³/mol. The van der Waals surface area contributed by atoms with Gasteiger partial charge < -0.3 is 0 Å².